The molecule has 4 aromatic rings. The van der Waals surface area contributed by atoms with Crippen LogP contribution in [0.15, 0.2) is 83.0 Å². The van der Waals surface area contributed by atoms with Gasteiger partial charge in [0.1, 0.15) is 12.4 Å². The molecule has 1 N–H and O–H groups in total. The number of likely N-dealkylation sites (tertiary alicyclic amines) is 1. The van der Waals surface area contributed by atoms with E-state index in [0.29, 0.717) is 35.3 Å². The molecule has 0 radical (unpaired) electrons. The zero-order valence-electron chi connectivity index (χ0n) is 19.1. The Morgan fingerprint density at radius 2 is 1.77 bits per heavy atom. The molecule has 0 saturated carbocycles. The van der Waals surface area contributed by atoms with Crippen LogP contribution in [0.4, 0.5) is 5.69 Å². The molecule has 0 unspecified atom stereocenters. The van der Waals surface area contributed by atoms with Crippen molar-refractivity contribution in [2.75, 3.05) is 13.1 Å². The van der Waals surface area contributed by atoms with E-state index >= 15 is 0 Å². The van der Waals surface area contributed by atoms with Crippen LogP contribution in [-0.2, 0) is 13.3 Å². The number of amides is 1. The van der Waals surface area contributed by atoms with Crippen LogP contribution in [0.3, 0.4) is 0 Å². The van der Waals surface area contributed by atoms with Crippen LogP contribution in [0.1, 0.15) is 28.8 Å². The van der Waals surface area contributed by atoms with Gasteiger partial charge in [0.05, 0.1) is 12.2 Å². The van der Waals surface area contributed by atoms with E-state index in [1.807, 2.05) is 53.1 Å². The number of hydrogen-bond acceptors (Lipinski definition) is 5. The summed E-state index contributed by atoms with van der Waals surface area (Å²) in [6.07, 6.45) is 2.32. The van der Waals surface area contributed by atoms with Gasteiger partial charge in [-0.05, 0) is 74.0 Å². The lowest BCUT2D eigenvalue weighted by molar-refractivity contribution is 0.0995. The highest BCUT2D eigenvalue weighted by molar-refractivity contribution is 6.30. The zero-order valence-corrected chi connectivity index (χ0v) is 19.9. The summed E-state index contributed by atoms with van der Waals surface area (Å²) in [5, 5.41) is 20.4. The van der Waals surface area contributed by atoms with E-state index < -0.39 is 5.91 Å². The molecule has 2 heterocycles. The number of hydrogen-bond donors (Lipinski definition) is 1. The van der Waals surface area contributed by atoms with E-state index in [1.165, 1.54) is 0 Å². The molecule has 0 atom stereocenters. The van der Waals surface area contributed by atoms with Gasteiger partial charge in [-0.25, -0.2) is 0 Å². The molecule has 178 valence electrons. The number of ether oxygens (including phenoxy) is 1. The maximum Gasteiger partial charge on any atom is 0.295 e. The summed E-state index contributed by atoms with van der Waals surface area (Å²) in [6, 6.07) is 21.8. The fraction of sp³-hybridized carbons (Fsp3) is 0.222. The van der Waals surface area contributed by atoms with E-state index in [4.69, 9.17) is 16.3 Å². The van der Waals surface area contributed by atoms with Crippen LogP contribution >= 0.6 is 11.6 Å². The molecule has 3 aromatic carbocycles. The number of benzene rings is 3. The normalized spacial score (nSPS) is 14.2. The van der Waals surface area contributed by atoms with Gasteiger partial charge < -0.3 is 9.84 Å². The molecule has 8 heteroatoms. The van der Waals surface area contributed by atoms with Gasteiger partial charge in [-0.2, -0.15) is 0 Å². The standard InChI is InChI=1S/C27H25ClN4O3/c28-21-7-5-6-19(16-21)17-35-22-12-10-20(11-13-22)26(33)30-29-25-23-8-1-2-9-24(23)32(27(25)34)18-31-14-3-4-15-31/h1-2,5-13,16,34H,3-4,14-15,17-18H2. The molecule has 1 aliphatic heterocycles. The monoisotopic (exact) mass is 488 g/mol. The Kier molecular flexibility index (Phi) is 6.79. The second-order valence-electron chi connectivity index (χ2n) is 8.53. The summed E-state index contributed by atoms with van der Waals surface area (Å²) in [4.78, 5) is 15.0. The maximum absolute atomic E-state index is 12.7. The van der Waals surface area contributed by atoms with Gasteiger partial charge in [-0.15, -0.1) is 10.2 Å². The third-order valence-corrected chi connectivity index (χ3v) is 6.33. The topological polar surface area (TPSA) is 79.4 Å². The van der Waals surface area contributed by atoms with E-state index in [1.54, 1.807) is 24.3 Å². The van der Waals surface area contributed by atoms with Crippen molar-refractivity contribution in [1.82, 2.24) is 9.47 Å². The SMILES string of the molecule is O=C(N=Nc1c(O)n(CN2CCCC2)c2ccccc12)c1ccc(OCc2cccc(Cl)c2)cc1. The summed E-state index contributed by atoms with van der Waals surface area (Å²) in [6.45, 7) is 2.95. The molecule has 7 nitrogen and oxygen atoms in total. The Morgan fingerprint density at radius 1 is 1.00 bits per heavy atom. The van der Waals surface area contributed by atoms with E-state index in [0.717, 1.165) is 42.4 Å². The molecule has 1 aromatic heterocycles. The average Bonchev–Trinajstić information content (AvgIpc) is 3.48. The number of rotatable bonds is 7. The predicted octanol–water partition coefficient (Wildman–Crippen LogP) is 6.56. The molecule has 1 saturated heterocycles. The Labute approximate surface area is 208 Å². The third-order valence-electron chi connectivity index (χ3n) is 6.09. The number of fused-ring (bicyclic) bond motifs is 1. The van der Waals surface area contributed by atoms with Crippen molar-refractivity contribution in [3.8, 4) is 11.6 Å². The predicted molar refractivity (Wildman–Crippen MR) is 135 cm³/mol. The molecule has 1 fully saturated rings. The minimum Gasteiger partial charge on any atom is -0.493 e. The summed E-state index contributed by atoms with van der Waals surface area (Å²) < 4.78 is 7.59. The van der Waals surface area contributed by atoms with Gasteiger partial charge >= 0.3 is 0 Å². The zero-order chi connectivity index (χ0) is 24.2. The Morgan fingerprint density at radius 3 is 2.54 bits per heavy atom. The van der Waals surface area contributed by atoms with Crippen LogP contribution in [0.2, 0.25) is 5.02 Å². The van der Waals surface area contributed by atoms with E-state index in [-0.39, 0.29) is 5.88 Å². The smallest absolute Gasteiger partial charge is 0.295 e. The lowest BCUT2D eigenvalue weighted by Gasteiger charge is -2.17. The lowest BCUT2D eigenvalue weighted by Crippen LogP contribution is -2.22. The molecular formula is C27H25ClN4O3. The number of nitrogens with zero attached hydrogens (tertiary/aromatic N) is 4. The molecular weight excluding hydrogens is 464 g/mol. The largest absolute Gasteiger partial charge is 0.493 e. The fourth-order valence-corrected chi connectivity index (χ4v) is 4.49. The third kappa shape index (κ3) is 5.21. The lowest BCUT2D eigenvalue weighted by atomic mass is 10.2. The van der Waals surface area contributed by atoms with E-state index in [2.05, 4.69) is 15.1 Å². The second-order valence-corrected chi connectivity index (χ2v) is 8.97. The van der Waals surface area contributed by atoms with Crippen molar-refractivity contribution in [3.05, 3.63) is 88.9 Å². The Hall–Kier alpha value is -3.68. The van der Waals surface area contributed by atoms with Crippen LogP contribution in [-0.4, -0.2) is 33.6 Å². The Bertz CT molecular complexity index is 1380. The molecule has 5 rings (SSSR count). The van der Waals surface area contributed by atoms with Crippen LogP contribution in [0.25, 0.3) is 10.9 Å². The van der Waals surface area contributed by atoms with E-state index in [9.17, 15) is 9.90 Å². The molecule has 0 bridgehead atoms. The van der Waals surface area contributed by atoms with Crippen molar-refractivity contribution in [2.24, 2.45) is 10.2 Å². The first kappa shape index (κ1) is 23.1. The fourth-order valence-electron chi connectivity index (χ4n) is 4.28. The highest BCUT2D eigenvalue weighted by Crippen LogP contribution is 2.39. The van der Waals surface area contributed by atoms with Crippen LogP contribution in [0.5, 0.6) is 11.6 Å². The van der Waals surface area contributed by atoms with Crippen LogP contribution in [0, 0.1) is 0 Å². The molecule has 1 aliphatic rings. The number of carbonyl (C=O) groups excluding carboxylic acids is 1. The average molecular weight is 489 g/mol. The highest BCUT2D eigenvalue weighted by Gasteiger charge is 2.20. The maximum atomic E-state index is 12.7. The summed E-state index contributed by atoms with van der Waals surface area (Å²) in [5.41, 5.74) is 2.49. The van der Waals surface area contributed by atoms with Gasteiger partial charge in [0.2, 0.25) is 5.88 Å². The Balaban J connectivity index is 1.30. The minimum absolute atomic E-state index is 0.0133. The van der Waals surface area contributed by atoms with Gasteiger partial charge in [-0.1, -0.05) is 41.9 Å². The van der Waals surface area contributed by atoms with Gasteiger partial charge in [-0.3, -0.25) is 14.3 Å². The minimum atomic E-state index is -0.498. The number of azo groups is 1. The van der Waals surface area contributed by atoms with Gasteiger partial charge in [0, 0.05) is 16.0 Å². The van der Waals surface area contributed by atoms with Crippen molar-refractivity contribution >= 4 is 34.1 Å². The van der Waals surface area contributed by atoms with Crippen LogP contribution < -0.4 is 4.74 Å². The first-order valence-electron chi connectivity index (χ1n) is 11.5. The first-order valence-corrected chi connectivity index (χ1v) is 11.9. The second kappa shape index (κ2) is 10.3. The molecule has 0 aliphatic carbocycles. The number of para-hydroxylation sites is 1. The van der Waals surface area contributed by atoms with Crippen molar-refractivity contribution in [2.45, 2.75) is 26.1 Å². The number of halogens is 1. The van der Waals surface area contributed by atoms with Crippen molar-refractivity contribution < 1.29 is 14.6 Å². The summed E-state index contributed by atoms with van der Waals surface area (Å²) >= 11 is 6.01. The quantitative estimate of drug-likeness (QED) is 0.299. The van der Waals surface area contributed by atoms with Crippen molar-refractivity contribution in [3.63, 3.8) is 0 Å². The number of aromatic nitrogens is 1. The molecule has 35 heavy (non-hydrogen) atoms. The first-order chi connectivity index (χ1) is 17.1. The molecule has 0 spiro atoms. The number of aromatic hydroxyl groups is 1. The van der Waals surface area contributed by atoms with Gasteiger partial charge in [0.15, 0.2) is 5.69 Å². The highest BCUT2D eigenvalue weighted by atomic mass is 35.5. The van der Waals surface area contributed by atoms with Gasteiger partial charge in [0.25, 0.3) is 5.91 Å². The summed E-state index contributed by atoms with van der Waals surface area (Å²) in [7, 11) is 0. The summed E-state index contributed by atoms with van der Waals surface area (Å²) in [5.74, 6) is 0.141. The van der Waals surface area contributed by atoms with Crippen molar-refractivity contribution in [1.29, 1.82) is 0 Å². The molecule has 1 amide bonds. The number of carbonyl (C=O) groups is 1.